The van der Waals surface area contributed by atoms with E-state index in [0.29, 0.717) is 24.9 Å². The molecule has 1 unspecified atom stereocenters. The van der Waals surface area contributed by atoms with Crippen LogP contribution in [0.2, 0.25) is 0 Å². The number of ketones is 1. The van der Waals surface area contributed by atoms with Crippen LogP contribution in [0.1, 0.15) is 85.5 Å². The fraction of sp³-hybridized carbons (Fsp3) is 0.595. The minimum atomic E-state index is -1.44. The van der Waals surface area contributed by atoms with E-state index in [9.17, 15) is 9.90 Å². The highest BCUT2D eigenvalue weighted by molar-refractivity contribution is 6.02. The largest absolute Gasteiger partial charge is 0.492 e. The molecule has 2 aromatic carbocycles. The fourth-order valence-electron chi connectivity index (χ4n) is 9.39. The molecule has 0 aromatic heterocycles. The molecule has 42 heavy (non-hydrogen) atoms. The van der Waals surface area contributed by atoms with Gasteiger partial charge in [0, 0.05) is 38.1 Å². The fourth-order valence-corrected chi connectivity index (χ4v) is 9.39. The highest BCUT2D eigenvalue weighted by Crippen LogP contribution is 2.68. The summed E-state index contributed by atoms with van der Waals surface area (Å²) in [6.45, 7) is 8.31. The first-order valence-electron chi connectivity index (χ1n) is 16.3. The highest BCUT2D eigenvalue weighted by atomic mass is 16.5. The van der Waals surface area contributed by atoms with E-state index in [2.05, 4.69) is 72.2 Å². The third kappa shape index (κ3) is 4.71. The molecular formula is C37H46N2O3. The summed E-state index contributed by atoms with van der Waals surface area (Å²) >= 11 is 0. The zero-order valence-electron chi connectivity index (χ0n) is 25.4. The molecule has 5 nitrogen and oxygen atoms in total. The lowest BCUT2D eigenvalue weighted by Gasteiger charge is -2.56. The summed E-state index contributed by atoms with van der Waals surface area (Å²) in [5.41, 5.74) is 3.65. The van der Waals surface area contributed by atoms with Gasteiger partial charge >= 0.3 is 0 Å². The van der Waals surface area contributed by atoms with Crippen molar-refractivity contribution in [3.8, 4) is 18.1 Å². The van der Waals surface area contributed by atoms with Crippen molar-refractivity contribution in [2.24, 2.45) is 17.3 Å². The first kappa shape index (κ1) is 28.1. The van der Waals surface area contributed by atoms with Gasteiger partial charge in [0.1, 0.15) is 18.0 Å². The van der Waals surface area contributed by atoms with Crippen LogP contribution in [-0.4, -0.2) is 72.7 Å². The van der Waals surface area contributed by atoms with Gasteiger partial charge in [0.2, 0.25) is 5.78 Å². The number of benzene rings is 2. The molecule has 5 heteroatoms. The molecule has 3 saturated carbocycles. The van der Waals surface area contributed by atoms with E-state index in [1.54, 1.807) is 0 Å². The summed E-state index contributed by atoms with van der Waals surface area (Å²) in [4.78, 5) is 17.9. The minimum Gasteiger partial charge on any atom is -0.492 e. The molecule has 4 aliphatic carbocycles. The van der Waals surface area contributed by atoms with Gasteiger partial charge in [-0.25, -0.2) is 0 Å². The number of carbonyl (C=O) groups excluding carboxylic acids is 1. The predicted molar refractivity (Wildman–Crippen MR) is 166 cm³/mol. The van der Waals surface area contributed by atoms with Crippen LogP contribution in [0.4, 0.5) is 0 Å². The minimum absolute atomic E-state index is 0.225. The SMILES string of the molecule is C#CC(=O)[C@]1(O)CC[C@H]2[C@@H]3CCc4cc(OCCN5CCN(C)CC5)ccc4C3[C@@H](c3ccc(C4CC4)cc3)C[C@@]21C. The predicted octanol–water partition coefficient (Wildman–Crippen LogP) is 5.37. The number of piperazine rings is 1. The molecule has 4 fully saturated rings. The maximum absolute atomic E-state index is 13.1. The highest BCUT2D eigenvalue weighted by Gasteiger charge is 2.66. The zero-order valence-corrected chi connectivity index (χ0v) is 25.4. The summed E-state index contributed by atoms with van der Waals surface area (Å²) < 4.78 is 6.30. The number of likely N-dealkylation sites (N-methyl/N-ethyl adjacent to an activating group) is 1. The molecule has 6 atom stereocenters. The summed E-state index contributed by atoms with van der Waals surface area (Å²) in [5, 5.41) is 11.9. The van der Waals surface area contributed by atoms with E-state index in [-0.39, 0.29) is 11.8 Å². The molecule has 1 aliphatic heterocycles. The Hall–Kier alpha value is -2.65. The van der Waals surface area contributed by atoms with Crippen LogP contribution in [-0.2, 0) is 11.2 Å². The molecule has 0 spiro atoms. The summed E-state index contributed by atoms with van der Waals surface area (Å²) in [6.07, 6.45) is 12.4. The van der Waals surface area contributed by atoms with Gasteiger partial charge in [0.25, 0.3) is 0 Å². The third-order valence-corrected chi connectivity index (χ3v) is 12.0. The zero-order chi connectivity index (χ0) is 29.1. The number of fused-ring (bicyclic) bond motifs is 5. The third-order valence-electron chi connectivity index (χ3n) is 12.0. The molecule has 0 bridgehead atoms. The van der Waals surface area contributed by atoms with Gasteiger partial charge in [0.15, 0.2) is 0 Å². The van der Waals surface area contributed by atoms with Gasteiger partial charge in [-0.1, -0.05) is 37.3 Å². The standard InChI is InChI=1S/C37H46N2O3/c1-4-34(40)37(41)16-15-33-31-13-11-28-23-29(42-22-21-39-19-17-38(3)18-20-39)12-14-30(28)35(31)32(24-36(33,37)2)27-9-7-26(8-10-27)25-5-6-25/h1,7-10,12,14,23,25,31-33,35,41H,5-6,11,13,15-22,24H2,2-3H3/t31-,32+,33-,35?,36-,37+/m0/s1. The smallest absolute Gasteiger partial charge is 0.237 e. The second-order valence-electron chi connectivity index (χ2n) is 14.2. The molecule has 1 saturated heterocycles. The van der Waals surface area contributed by atoms with E-state index in [1.165, 1.54) is 35.1 Å². The van der Waals surface area contributed by atoms with Crippen molar-refractivity contribution >= 4 is 5.78 Å². The summed E-state index contributed by atoms with van der Waals surface area (Å²) in [7, 11) is 2.19. The maximum Gasteiger partial charge on any atom is 0.237 e. The van der Waals surface area contributed by atoms with Crippen LogP contribution >= 0.6 is 0 Å². The number of nitrogens with zero attached hydrogens (tertiary/aromatic N) is 2. The normalized spacial score (nSPS) is 34.6. The Balaban J connectivity index is 1.17. The second-order valence-corrected chi connectivity index (χ2v) is 14.2. The van der Waals surface area contributed by atoms with Gasteiger partial charge in [-0.2, -0.15) is 0 Å². The molecular weight excluding hydrogens is 520 g/mol. The summed E-state index contributed by atoms with van der Waals surface area (Å²) in [5.74, 6) is 4.85. The van der Waals surface area contributed by atoms with Gasteiger partial charge in [0.05, 0.1) is 0 Å². The van der Waals surface area contributed by atoms with Crippen molar-refractivity contribution in [3.05, 3.63) is 64.7 Å². The van der Waals surface area contributed by atoms with Crippen molar-refractivity contribution in [1.29, 1.82) is 0 Å². The van der Waals surface area contributed by atoms with Crippen molar-refractivity contribution in [2.75, 3.05) is 46.4 Å². The lowest BCUT2D eigenvalue weighted by molar-refractivity contribution is -0.152. The number of hydrogen-bond acceptors (Lipinski definition) is 5. The van der Waals surface area contributed by atoms with Crippen LogP contribution < -0.4 is 4.74 Å². The number of terminal acetylenes is 1. The lowest BCUT2D eigenvalue weighted by Crippen LogP contribution is -2.56. The van der Waals surface area contributed by atoms with Crippen LogP contribution in [0.5, 0.6) is 5.75 Å². The van der Waals surface area contributed by atoms with Gasteiger partial charge in [-0.3, -0.25) is 9.69 Å². The molecule has 1 N–H and O–H groups in total. The average molecular weight is 567 g/mol. The Labute approximate surface area is 251 Å². The average Bonchev–Trinajstić information content (AvgIpc) is 3.82. The Bertz CT molecular complexity index is 1370. The first-order chi connectivity index (χ1) is 20.3. The van der Waals surface area contributed by atoms with Crippen LogP contribution in [0.15, 0.2) is 42.5 Å². The molecule has 1 heterocycles. The van der Waals surface area contributed by atoms with Crippen LogP contribution in [0.25, 0.3) is 0 Å². The number of rotatable bonds is 7. The molecule has 5 aliphatic rings. The number of carbonyl (C=O) groups is 1. The van der Waals surface area contributed by atoms with E-state index in [1.807, 2.05) is 0 Å². The second kappa shape index (κ2) is 10.8. The molecule has 0 radical (unpaired) electrons. The van der Waals surface area contributed by atoms with E-state index in [4.69, 9.17) is 11.2 Å². The maximum atomic E-state index is 13.1. The van der Waals surface area contributed by atoms with Crippen molar-refractivity contribution in [1.82, 2.24) is 9.80 Å². The van der Waals surface area contributed by atoms with Gasteiger partial charge in [-0.05, 0) is 122 Å². The molecule has 7 rings (SSSR count). The van der Waals surface area contributed by atoms with Crippen LogP contribution in [0, 0.1) is 29.6 Å². The number of ether oxygens (including phenoxy) is 1. The Morgan fingerprint density at radius 2 is 1.79 bits per heavy atom. The van der Waals surface area contributed by atoms with Gasteiger partial charge < -0.3 is 14.7 Å². The quantitative estimate of drug-likeness (QED) is 0.361. The van der Waals surface area contributed by atoms with E-state index >= 15 is 0 Å². The topological polar surface area (TPSA) is 53.0 Å². The molecule has 2 aromatic rings. The Morgan fingerprint density at radius 1 is 1.05 bits per heavy atom. The number of aliphatic hydroxyl groups is 1. The Kier molecular flexibility index (Phi) is 7.24. The van der Waals surface area contributed by atoms with E-state index in [0.717, 1.165) is 70.1 Å². The van der Waals surface area contributed by atoms with E-state index < -0.39 is 16.8 Å². The van der Waals surface area contributed by atoms with Crippen molar-refractivity contribution in [2.45, 2.75) is 75.2 Å². The summed E-state index contributed by atoms with van der Waals surface area (Å²) in [6, 6.07) is 16.1. The monoisotopic (exact) mass is 566 g/mol. The lowest BCUT2D eigenvalue weighted by atomic mass is 9.49. The first-order valence-corrected chi connectivity index (χ1v) is 16.3. The number of Topliss-reactive ketones (excluding diaryl/α,β-unsaturated/α-hetero) is 1. The molecule has 0 amide bonds. The molecule has 222 valence electrons. The van der Waals surface area contributed by atoms with Crippen LogP contribution in [0.3, 0.4) is 0 Å². The van der Waals surface area contributed by atoms with Crippen molar-refractivity contribution < 1.29 is 14.6 Å². The number of hydrogen-bond donors (Lipinski definition) is 1. The van der Waals surface area contributed by atoms with Gasteiger partial charge in [-0.15, -0.1) is 6.42 Å². The Morgan fingerprint density at radius 3 is 2.50 bits per heavy atom. The number of aryl methyl sites for hydroxylation is 1. The van der Waals surface area contributed by atoms with Crippen molar-refractivity contribution in [3.63, 3.8) is 0 Å².